The number of imide groups is 2. The van der Waals surface area contributed by atoms with Crippen molar-refractivity contribution in [1.82, 2.24) is 0 Å². The number of halogens is 2. The van der Waals surface area contributed by atoms with Crippen LogP contribution in [0.15, 0.2) is 78.4 Å². The molecule has 2 aliphatic heterocycles. The number of hydrogen-bond donors (Lipinski definition) is 0. The van der Waals surface area contributed by atoms with Crippen LogP contribution < -0.4 is 24.0 Å². The van der Waals surface area contributed by atoms with Gasteiger partial charge in [0.2, 0.25) is 23.6 Å². The molecule has 4 atom stereocenters. The van der Waals surface area contributed by atoms with Crippen LogP contribution in [-0.4, -0.2) is 43.8 Å². The summed E-state index contributed by atoms with van der Waals surface area (Å²) < 4.78 is 16.1. The average molecular weight is 647 g/mol. The number of carbonyl (C=O) groups is 5. The summed E-state index contributed by atoms with van der Waals surface area (Å²) in [6, 6.07) is 17.2. The quantitative estimate of drug-likeness (QED) is 0.215. The van der Waals surface area contributed by atoms with E-state index in [4.69, 9.17) is 37.4 Å². The molecule has 10 nitrogen and oxygen atoms in total. The van der Waals surface area contributed by atoms with Gasteiger partial charge in [-0.3, -0.25) is 29.0 Å². The summed E-state index contributed by atoms with van der Waals surface area (Å²) in [5.74, 6) is -7.98. The molecule has 0 N–H and O–H groups in total. The Morgan fingerprint density at radius 3 is 1.56 bits per heavy atom. The third kappa shape index (κ3) is 4.34. The molecule has 228 valence electrons. The van der Waals surface area contributed by atoms with E-state index in [0.29, 0.717) is 27.9 Å². The van der Waals surface area contributed by atoms with Crippen LogP contribution in [0.3, 0.4) is 0 Å². The van der Waals surface area contributed by atoms with Gasteiger partial charge in [0.25, 0.3) is 0 Å². The Labute approximate surface area is 267 Å². The molecule has 4 amide bonds. The molecule has 12 heteroatoms. The van der Waals surface area contributed by atoms with Crippen molar-refractivity contribution in [3.05, 3.63) is 88.4 Å². The zero-order valence-electron chi connectivity index (χ0n) is 23.8. The Morgan fingerprint density at radius 1 is 0.644 bits per heavy atom. The number of methoxy groups -OCH3 is 2. The minimum absolute atomic E-state index is 0.0314. The van der Waals surface area contributed by atoms with Gasteiger partial charge in [-0.05, 0) is 66.7 Å². The van der Waals surface area contributed by atoms with Gasteiger partial charge in [-0.2, -0.15) is 0 Å². The number of amides is 4. The molecule has 0 aromatic heterocycles. The summed E-state index contributed by atoms with van der Waals surface area (Å²) in [7, 11) is 3.00. The van der Waals surface area contributed by atoms with Gasteiger partial charge in [0, 0.05) is 22.4 Å². The predicted molar refractivity (Wildman–Crippen MR) is 162 cm³/mol. The molecule has 3 aromatic rings. The third-order valence-electron chi connectivity index (χ3n) is 9.12. The number of rotatable bonds is 6. The first-order valence-electron chi connectivity index (χ1n) is 14.1. The van der Waals surface area contributed by atoms with Crippen molar-refractivity contribution in [2.24, 2.45) is 35.5 Å². The summed E-state index contributed by atoms with van der Waals surface area (Å²) in [6.45, 7) is 0. The highest BCUT2D eigenvalue weighted by Crippen LogP contribution is 2.61. The van der Waals surface area contributed by atoms with E-state index in [0.717, 1.165) is 9.80 Å². The van der Waals surface area contributed by atoms with Crippen molar-refractivity contribution in [1.29, 1.82) is 0 Å². The molecule has 0 spiro atoms. The van der Waals surface area contributed by atoms with Gasteiger partial charge in [0.1, 0.15) is 17.2 Å². The van der Waals surface area contributed by atoms with E-state index in [-0.39, 0.29) is 16.3 Å². The maximum atomic E-state index is 14.1. The van der Waals surface area contributed by atoms with Crippen LogP contribution >= 0.6 is 23.2 Å². The largest absolute Gasteiger partial charge is 0.497 e. The van der Waals surface area contributed by atoms with Crippen LogP contribution in [0, 0.1) is 35.5 Å². The van der Waals surface area contributed by atoms with Gasteiger partial charge in [0.05, 0.1) is 54.3 Å². The highest BCUT2D eigenvalue weighted by molar-refractivity contribution is 6.35. The lowest BCUT2D eigenvalue weighted by Crippen LogP contribution is -2.53. The highest BCUT2D eigenvalue weighted by Gasteiger charge is 2.71. The van der Waals surface area contributed by atoms with E-state index in [2.05, 4.69) is 0 Å². The maximum absolute atomic E-state index is 14.1. The van der Waals surface area contributed by atoms with Gasteiger partial charge in [-0.25, -0.2) is 4.79 Å². The van der Waals surface area contributed by atoms with Crippen molar-refractivity contribution in [2.45, 2.75) is 0 Å². The smallest absolute Gasteiger partial charge is 0.339 e. The van der Waals surface area contributed by atoms with Crippen LogP contribution in [-0.2, 0) is 24.0 Å². The summed E-state index contributed by atoms with van der Waals surface area (Å²) >= 11 is 12.3. The molecule has 0 radical (unpaired) electrons. The molecule has 3 fully saturated rings. The fourth-order valence-corrected chi connectivity index (χ4v) is 7.69. The SMILES string of the molecule is COc1ccc(N2C(=O)[C@@H]3C4C(C(=O)Oc5ccc(Cl)cc5Cl)=CC([C@@H]3C2=O)[C@@H]2C(=O)N(c3ccc(OC)cc3)C(=O)[C@H]42)cc1. The fraction of sp³-hybridized carbons (Fsp3) is 0.242. The molecule has 2 bridgehead atoms. The minimum Gasteiger partial charge on any atom is -0.497 e. The normalized spacial score (nSPS) is 26.5. The van der Waals surface area contributed by atoms with Gasteiger partial charge < -0.3 is 14.2 Å². The molecule has 2 saturated heterocycles. The van der Waals surface area contributed by atoms with E-state index in [1.165, 1.54) is 38.5 Å². The van der Waals surface area contributed by atoms with Crippen molar-refractivity contribution >= 4 is 64.2 Å². The molecule has 5 aliphatic rings. The lowest BCUT2D eigenvalue weighted by molar-refractivity contribution is -0.142. The molecule has 3 aromatic carbocycles. The van der Waals surface area contributed by atoms with E-state index < -0.39 is 65.1 Å². The third-order valence-corrected chi connectivity index (χ3v) is 9.65. The van der Waals surface area contributed by atoms with Gasteiger partial charge in [-0.15, -0.1) is 0 Å². The first kappa shape index (κ1) is 29.1. The van der Waals surface area contributed by atoms with Crippen LogP contribution in [0.25, 0.3) is 0 Å². The van der Waals surface area contributed by atoms with Crippen molar-refractivity contribution < 1.29 is 38.2 Å². The molecule has 45 heavy (non-hydrogen) atoms. The van der Waals surface area contributed by atoms with Crippen LogP contribution in [0.1, 0.15) is 0 Å². The lowest BCUT2D eigenvalue weighted by Gasteiger charge is -2.46. The molecular formula is C33H24Cl2N2O8. The summed E-state index contributed by atoms with van der Waals surface area (Å²) in [5, 5.41) is 0.424. The van der Waals surface area contributed by atoms with Gasteiger partial charge in [0.15, 0.2) is 0 Å². The molecule has 3 aliphatic carbocycles. The van der Waals surface area contributed by atoms with Gasteiger partial charge in [-0.1, -0.05) is 29.3 Å². The zero-order valence-corrected chi connectivity index (χ0v) is 25.3. The first-order valence-corrected chi connectivity index (χ1v) is 14.8. The maximum Gasteiger partial charge on any atom is 0.339 e. The summed E-state index contributed by atoms with van der Waals surface area (Å²) in [6.07, 6.45) is 1.53. The zero-order chi connectivity index (χ0) is 31.7. The van der Waals surface area contributed by atoms with E-state index in [1.54, 1.807) is 48.5 Å². The number of allylic oxidation sites excluding steroid dienone is 1. The number of esters is 1. The highest BCUT2D eigenvalue weighted by atomic mass is 35.5. The Morgan fingerprint density at radius 2 is 1.11 bits per heavy atom. The van der Waals surface area contributed by atoms with Gasteiger partial charge >= 0.3 is 5.97 Å². The molecule has 2 heterocycles. The second kappa shape index (κ2) is 10.7. The minimum atomic E-state index is -1.11. The predicted octanol–water partition coefficient (Wildman–Crippen LogP) is 4.71. The first-order chi connectivity index (χ1) is 21.6. The monoisotopic (exact) mass is 646 g/mol. The number of benzene rings is 3. The molecule has 0 unspecified atom stereocenters. The second-order valence-corrected chi connectivity index (χ2v) is 12.1. The number of ether oxygens (including phenoxy) is 3. The lowest BCUT2D eigenvalue weighted by atomic mass is 9.52. The van der Waals surface area contributed by atoms with E-state index in [9.17, 15) is 24.0 Å². The summed E-state index contributed by atoms with van der Waals surface area (Å²) in [4.78, 5) is 72.2. The van der Waals surface area contributed by atoms with E-state index >= 15 is 0 Å². The average Bonchev–Trinajstić information content (AvgIpc) is 3.48. The standard InChI is InChI=1S/C33H24Cl2N2O8/c1-43-18-8-4-16(5-9-18)36-29(38)25-20-14-21(33(42)45-23-12-3-15(34)13-22(23)35)24(27(25)31(36)40)28-26(20)30(39)37(32(28)41)17-6-10-19(44-2)11-7-17/h3-14,20,24-28H,1-2H3/t20?,24?,25-,26-,27+,28+/m0/s1. The van der Waals surface area contributed by atoms with Crippen LogP contribution in [0.4, 0.5) is 11.4 Å². The number of hydrogen-bond acceptors (Lipinski definition) is 8. The summed E-state index contributed by atoms with van der Waals surface area (Å²) in [5.41, 5.74) is 0.683. The van der Waals surface area contributed by atoms with Crippen LogP contribution in [0.2, 0.25) is 10.0 Å². The number of nitrogens with zero attached hydrogens (tertiary/aromatic N) is 2. The Kier molecular flexibility index (Phi) is 6.94. The molecule has 8 rings (SSSR count). The Balaban J connectivity index is 1.31. The number of carbonyl (C=O) groups excluding carboxylic acids is 5. The molecular weight excluding hydrogens is 623 g/mol. The topological polar surface area (TPSA) is 120 Å². The van der Waals surface area contributed by atoms with Crippen molar-refractivity contribution in [3.63, 3.8) is 0 Å². The Bertz CT molecular complexity index is 1730. The van der Waals surface area contributed by atoms with Crippen LogP contribution in [0.5, 0.6) is 17.2 Å². The van der Waals surface area contributed by atoms with Crippen molar-refractivity contribution in [2.75, 3.05) is 24.0 Å². The number of anilines is 2. The van der Waals surface area contributed by atoms with Crippen molar-refractivity contribution in [3.8, 4) is 17.2 Å². The molecule has 1 saturated carbocycles. The second-order valence-electron chi connectivity index (χ2n) is 11.2. The fourth-order valence-electron chi connectivity index (χ4n) is 7.24. The Hall–Kier alpha value is -4.67. The van der Waals surface area contributed by atoms with E-state index in [1.807, 2.05) is 0 Å².